The van der Waals surface area contributed by atoms with Crippen molar-refractivity contribution in [3.05, 3.63) is 61.0 Å². The Bertz CT molecular complexity index is 1160. The van der Waals surface area contributed by atoms with Gasteiger partial charge in [-0.05, 0) is 65.2 Å². The molecule has 1 atom stereocenters. The summed E-state index contributed by atoms with van der Waals surface area (Å²) in [5.74, 6) is 1.83. The molecule has 0 radical (unpaired) electrons. The summed E-state index contributed by atoms with van der Waals surface area (Å²) in [5, 5.41) is 4.94. The molecule has 0 aliphatic heterocycles. The summed E-state index contributed by atoms with van der Waals surface area (Å²) in [7, 11) is 1.59. The number of methoxy groups -OCH3 is 1. The molecule has 6 nitrogen and oxygen atoms in total. The molecule has 0 saturated heterocycles. The predicted molar refractivity (Wildman–Crippen MR) is 127 cm³/mol. The Morgan fingerprint density at radius 2 is 2.00 bits per heavy atom. The number of rotatable bonds is 7. The van der Waals surface area contributed by atoms with E-state index in [9.17, 15) is 4.79 Å². The monoisotopic (exact) mass is 535 g/mol. The second-order valence-electron chi connectivity index (χ2n) is 6.78. The molecule has 0 amide bonds. The van der Waals surface area contributed by atoms with E-state index in [1.165, 1.54) is 4.68 Å². The molecular weight excluding hydrogens is 514 g/mol. The predicted octanol–water partition coefficient (Wildman–Crippen LogP) is 5.55. The first-order valence-electron chi connectivity index (χ1n) is 9.67. The van der Waals surface area contributed by atoms with Gasteiger partial charge in [0.05, 0.1) is 34.8 Å². The van der Waals surface area contributed by atoms with Crippen molar-refractivity contribution >= 4 is 49.0 Å². The standard InChI is InChI=1S/C22H23Br2N3O3/c1-5-13(3)30-21-17(24)9-14(10-19(21)29-4)12-25-27-20(6-2)26-18-8-7-15(23)11-16(18)22(27)28/h7-13H,5-6H2,1-4H3/t13-/m1/s1. The lowest BCUT2D eigenvalue weighted by atomic mass is 10.2. The first-order chi connectivity index (χ1) is 14.4. The highest BCUT2D eigenvalue weighted by Gasteiger charge is 2.14. The summed E-state index contributed by atoms with van der Waals surface area (Å²) in [5.41, 5.74) is 1.21. The number of fused-ring (bicyclic) bond motifs is 1. The van der Waals surface area contributed by atoms with Gasteiger partial charge in [-0.15, -0.1) is 0 Å². The third kappa shape index (κ3) is 4.75. The third-order valence-corrected chi connectivity index (χ3v) is 5.74. The van der Waals surface area contributed by atoms with E-state index >= 15 is 0 Å². The van der Waals surface area contributed by atoms with Crippen molar-refractivity contribution < 1.29 is 9.47 Å². The Kier molecular flexibility index (Phi) is 7.31. The molecule has 0 N–H and O–H groups in total. The van der Waals surface area contributed by atoms with Crippen LogP contribution in [0.3, 0.4) is 0 Å². The molecule has 1 heterocycles. The van der Waals surface area contributed by atoms with E-state index in [-0.39, 0.29) is 11.7 Å². The minimum atomic E-state index is -0.211. The number of ether oxygens (including phenoxy) is 2. The van der Waals surface area contributed by atoms with Gasteiger partial charge in [0, 0.05) is 10.9 Å². The summed E-state index contributed by atoms with van der Waals surface area (Å²) in [6.07, 6.45) is 3.13. The fourth-order valence-corrected chi connectivity index (χ4v) is 3.79. The van der Waals surface area contributed by atoms with E-state index in [1.807, 2.05) is 38.1 Å². The largest absolute Gasteiger partial charge is 0.493 e. The molecule has 8 heteroatoms. The van der Waals surface area contributed by atoms with Crippen molar-refractivity contribution in [2.24, 2.45) is 5.10 Å². The Labute approximate surface area is 192 Å². The number of hydrogen-bond donors (Lipinski definition) is 0. The highest BCUT2D eigenvalue weighted by molar-refractivity contribution is 9.10. The first kappa shape index (κ1) is 22.5. The van der Waals surface area contributed by atoms with Crippen LogP contribution in [0.25, 0.3) is 10.9 Å². The van der Waals surface area contributed by atoms with Crippen molar-refractivity contribution in [3.8, 4) is 11.5 Å². The molecule has 0 spiro atoms. The quantitative estimate of drug-likeness (QED) is 0.371. The molecule has 0 saturated carbocycles. The fraction of sp³-hybridized carbons (Fsp3) is 0.318. The maximum absolute atomic E-state index is 13.0. The van der Waals surface area contributed by atoms with E-state index < -0.39 is 0 Å². The van der Waals surface area contributed by atoms with Crippen LogP contribution >= 0.6 is 31.9 Å². The van der Waals surface area contributed by atoms with Crippen LogP contribution in [-0.2, 0) is 6.42 Å². The van der Waals surface area contributed by atoms with E-state index in [4.69, 9.17) is 9.47 Å². The van der Waals surface area contributed by atoms with Gasteiger partial charge >= 0.3 is 0 Å². The van der Waals surface area contributed by atoms with Gasteiger partial charge in [0.15, 0.2) is 11.5 Å². The SMILES string of the molecule is CCc1nc2ccc(Br)cc2c(=O)n1N=Cc1cc(Br)c(O[C@H](C)CC)c(OC)c1. The average Bonchev–Trinajstić information content (AvgIpc) is 2.74. The van der Waals surface area contributed by atoms with Crippen molar-refractivity contribution in [1.82, 2.24) is 9.66 Å². The van der Waals surface area contributed by atoms with Gasteiger partial charge in [-0.3, -0.25) is 4.79 Å². The zero-order chi connectivity index (χ0) is 21.8. The van der Waals surface area contributed by atoms with Crippen molar-refractivity contribution in [1.29, 1.82) is 0 Å². The first-order valence-corrected chi connectivity index (χ1v) is 11.3. The smallest absolute Gasteiger partial charge is 0.282 e. The number of halogens is 2. The summed E-state index contributed by atoms with van der Waals surface area (Å²) < 4.78 is 14.4. The van der Waals surface area contributed by atoms with E-state index in [2.05, 4.69) is 48.9 Å². The summed E-state index contributed by atoms with van der Waals surface area (Å²) >= 11 is 6.96. The number of benzene rings is 2. The zero-order valence-electron chi connectivity index (χ0n) is 17.3. The molecule has 3 aromatic rings. The Morgan fingerprint density at radius 3 is 2.67 bits per heavy atom. The van der Waals surface area contributed by atoms with Crippen LogP contribution in [0.5, 0.6) is 11.5 Å². The van der Waals surface area contributed by atoms with Gasteiger partial charge in [0.25, 0.3) is 5.56 Å². The van der Waals surface area contributed by atoms with Crippen molar-refractivity contribution in [2.45, 2.75) is 39.7 Å². The second kappa shape index (κ2) is 9.75. The van der Waals surface area contributed by atoms with E-state index in [0.717, 1.165) is 20.9 Å². The second-order valence-corrected chi connectivity index (χ2v) is 8.55. The molecule has 0 fully saturated rings. The lowest BCUT2D eigenvalue weighted by molar-refractivity contribution is 0.206. The van der Waals surface area contributed by atoms with Crippen LogP contribution in [0.1, 0.15) is 38.6 Å². The summed E-state index contributed by atoms with van der Waals surface area (Å²) in [4.78, 5) is 17.6. The maximum Gasteiger partial charge on any atom is 0.282 e. The molecule has 0 bridgehead atoms. The van der Waals surface area contributed by atoms with Crippen LogP contribution < -0.4 is 15.0 Å². The molecule has 30 heavy (non-hydrogen) atoms. The number of hydrogen-bond acceptors (Lipinski definition) is 5. The topological polar surface area (TPSA) is 65.7 Å². The van der Waals surface area contributed by atoms with Crippen molar-refractivity contribution in [2.75, 3.05) is 7.11 Å². The van der Waals surface area contributed by atoms with Crippen LogP contribution in [0.15, 0.2) is 49.2 Å². The lowest BCUT2D eigenvalue weighted by Crippen LogP contribution is -2.22. The van der Waals surface area contributed by atoms with Crippen LogP contribution in [0, 0.1) is 0 Å². The van der Waals surface area contributed by atoms with Gasteiger partial charge in [-0.1, -0.05) is 29.8 Å². The molecular formula is C22H23Br2N3O3. The van der Waals surface area contributed by atoms with Gasteiger partial charge < -0.3 is 9.47 Å². The molecule has 0 aliphatic carbocycles. The van der Waals surface area contributed by atoms with Gasteiger partial charge in [-0.2, -0.15) is 9.78 Å². The third-order valence-electron chi connectivity index (χ3n) is 4.66. The minimum Gasteiger partial charge on any atom is -0.493 e. The Balaban J connectivity index is 2.05. The molecule has 158 valence electrons. The lowest BCUT2D eigenvalue weighted by Gasteiger charge is -2.17. The van der Waals surface area contributed by atoms with E-state index in [0.29, 0.717) is 34.6 Å². The molecule has 3 rings (SSSR count). The average molecular weight is 537 g/mol. The van der Waals surface area contributed by atoms with Gasteiger partial charge in [0.1, 0.15) is 5.82 Å². The van der Waals surface area contributed by atoms with E-state index in [1.54, 1.807) is 19.4 Å². The summed E-state index contributed by atoms with van der Waals surface area (Å²) in [6.45, 7) is 6.01. The van der Waals surface area contributed by atoms with Gasteiger partial charge in [-0.25, -0.2) is 4.98 Å². The van der Waals surface area contributed by atoms with Gasteiger partial charge in [0.2, 0.25) is 0 Å². The maximum atomic E-state index is 13.0. The van der Waals surface area contributed by atoms with Crippen LogP contribution in [-0.4, -0.2) is 29.1 Å². The zero-order valence-corrected chi connectivity index (χ0v) is 20.4. The minimum absolute atomic E-state index is 0.0587. The Morgan fingerprint density at radius 1 is 1.23 bits per heavy atom. The normalized spacial score (nSPS) is 12.5. The molecule has 2 aromatic carbocycles. The highest BCUT2D eigenvalue weighted by Crippen LogP contribution is 2.37. The summed E-state index contributed by atoms with van der Waals surface area (Å²) in [6, 6.07) is 9.16. The van der Waals surface area contributed by atoms with Crippen LogP contribution in [0.4, 0.5) is 0 Å². The number of nitrogens with zero attached hydrogens (tertiary/aromatic N) is 3. The number of aryl methyl sites for hydroxylation is 1. The fourth-order valence-electron chi connectivity index (χ4n) is 2.88. The Hall–Kier alpha value is -2.19. The molecule has 0 aliphatic rings. The van der Waals surface area contributed by atoms with Crippen LogP contribution in [0.2, 0.25) is 0 Å². The van der Waals surface area contributed by atoms with Crippen molar-refractivity contribution in [3.63, 3.8) is 0 Å². The molecule has 1 aromatic heterocycles. The molecule has 0 unspecified atom stereocenters. The highest BCUT2D eigenvalue weighted by atomic mass is 79.9. The number of aromatic nitrogens is 2.